The van der Waals surface area contributed by atoms with Gasteiger partial charge in [0.2, 0.25) is 5.95 Å². The second-order valence-corrected chi connectivity index (χ2v) is 8.25. The molecule has 3 aromatic carbocycles. The maximum absolute atomic E-state index is 13.4. The number of benzene rings is 3. The van der Waals surface area contributed by atoms with E-state index in [1.54, 1.807) is 16.8 Å². The van der Waals surface area contributed by atoms with E-state index in [1.165, 1.54) is 18.5 Å². The van der Waals surface area contributed by atoms with Gasteiger partial charge >= 0.3 is 0 Å². The molecule has 0 saturated heterocycles. The van der Waals surface area contributed by atoms with Crippen molar-refractivity contribution in [2.24, 2.45) is 0 Å². The van der Waals surface area contributed by atoms with Crippen LogP contribution < -0.4 is 15.4 Å². The summed E-state index contributed by atoms with van der Waals surface area (Å²) in [7, 11) is 0. The van der Waals surface area contributed by atoms with Gasteiger partial charge < -0.3 is 15.4 Å². The van der Waals surface area contributed by atoms with Crippen LogP contribution in [0.5, 0.6) is 5.75 Å². The first-order valence-electron chi connectivity index (χ1n) is 11.2. The number of rotatable bonds is 7. The molecule has 8 heteroatoms. The van der Waals surface area contributed by atoms with E-state index in [0.717, 1.165) is 16.7 Å². The third kappa shape index (κ3) is 4.91. The van der Waals surface area contributed by atoms with Crippen LogP contribution in [0.4, 0.5) is 10.3 Å². The number of nitrogens with zero attached hydrogens (tertiary/aromatic N) is 3. The molecule has 1 aliphatic rings. The largest absolute Gasteiger partial charge is 0.489 e. The van der Waals surface area contributed by atoms with Crippen LogP contribution in [0.25, 0.3) is 0 Å². The molecule has 0 spiro atoms. The molecule has 2 N–H and O–H groups in total. The van der Waals surface area contributed by atoms with E-state index in [2.05, 4.69) is 20.7 Å². The summed E-state index contributed by atoms with van der Waals surface area (Å²) in [4.78, 5) is 17.7. The topological polar surface area (TPSA) is 81.1 Å². The molecule has 2 heterocycles. The lowest BCUT2D eigenvalue weighted by Gasteiger charge is -2.29. The number of hydrogen-bond donors (Lipinski definition) is 2. The van der Waals surface area contributed by atoms with E-state index in [1.807, 2.05) is 61.5 Å². The molecule has 0 unspecified atom stereocenters. The van der Waals surface area contributed by atoms with Gasteiger partial charge in [0.1, 0.15) is 30.5 Å². The Morgan fingerprint density at radius 3 is 2.66 bits per heavy atom. The molecule has 1 amide bonds. The highest BCUT2D eigenvalue weighted by Gasteiger charge is 2.33. The molecule has 0 radical (unpaired) electrons. The molecule has 0 aliphatic carbocycles. The molecule has 1 aliphatic heterocycles. The van der Waals surface area contributed by atoms with Crippen molar-refractivity contribution < 1.29 is 13.9 Å². The molecule has 0 saturated carbocycles. The van der Waals surface area contributed by atoms with Crippen LogP contribution in [-0.2, 0) is 17.9 Å². The second-order valence-electron chi connectivity index (χ2n) is 8.25. The quantitative estimate of drug-likeness (QED) is 0.413. The highest BCUT2D eigenvalue weighted by Crippen LogP contribution is 2.35. The standard InChI is InChI=1S/C27H24FN5O2/c1-18-24(26(34)29-15-19-6-3-2-4-7-19)25(33-27(32-18)30-17-31-33)21-8-5-9-23(14-21)35-16-20-10-12-22(28)13-11-20/h2-14,17,25H,15-16H2,1H3,(H,29,34)(H,30,31,32)/t25-/m0/s1. The highest BCUT2D eigenvalue weighted by atomic mass is 19.1. The van der Waals surface area contributed by atoms with Crippen LogP contribution in [0.3, 0.4) is 0 Å². The fourth-order valence-corrected chi connectivity index (χ4v) is 4.09. The van der Waals surface area contributed by atoms with Crippen molar-refractivity contribution in [1.82, 2.24) is 20.1 Å². The first-order chi connectivity index (χ1) is 17.1. The van der Waals surface area contributed by atoms with Crippen LogP contribution in [0.15, 0.2) is 96.5 Å². The smallest absolute Gasteiger partial charge is 0.251 e. The summed E-state index contributed by atoms with van der Waals surface area (Å²) in [6, 6.07) is 23.0. The Morgan fingerprint density at radius 2 is 1.86 bits per heavy atom. The first kappa shape index (κ1) is 22.3. The van der Waals surface area contributed by atoms with E-state index in [0.29, 0.717) is 36.1 Å². The van der Waals surface area contributed by atoms with Crippen LogP contribution in [0.1, 0.15) is 29.7 Å². The number of hydrogen-bond acceptors (Lipinski definition) is 5. The van der Waals surface area contributed by atoms with Gasteiger partial charge in [-0.3, -0.25) is 4.79 Å². The van der Waals surface area contributed by atoms with Crippen molar-refractivity contribution in [3.63, 3.8) is 0 Å². The van der Waals surface area contributed by atoms with Gasteiger partial charge in [0.15, 0.2) is 0 Å². The number of anilines is 1. The maximum Gasteiger partial charge on any atom is 0.251 e. The second kappa shape index (κ2) is 9.80. The van der Waals surface area contributed by atoms with Crippen LogP contribution >= 0.6 is 0 Å². The van der Waals surface area contributed by atoms with Gasteiger partial charge in [-0.25, -0.2) is 9.07 Å². The van der Waals surface area contributed by atoms with Gasteiger partial charge in [0.05, 0.1) is 5.57 Å². The fourth-order valence-electron chi connectivity index (χ4n) is 4.09. The number of carbonyl (C=O) groups excluding carboxylic acids is 1. The minimum absolute atomic E-state index is 0.192. The number of carbonyl (C=O) groups is 1. The summed E-state index contributed by atoms with van der Waals surface area (Å²) in [6.45, 7) is 2.57. The van der Waals surface area contributed by atoms with E-state index in [9.17, 15) is 9.18 Å². The lowest BCUT2D eigenvalue weighted by atomic mass is 9.95. The third-order valence-electron chi connectivity index (χ3n) is 5.83. The number of fused-ring (bicyclic) bond motifs is 1. The molecule has 176 valence electrons. The van der Waals surface area contributed by atoms with Crippen molar-refractivity contribution in [3.8, 4) is 5.75 Å². The number of nitrogens with one attached hydrogen (secondary N) is 2. The van der Waals surface area contributed by atoms with Gasteiger partial charge in [0.25, 0.3) is 5.91 Å². The molecule has 5 rings (SSSR count). The predicted octanol–water partition coefficient (Wildman–Crippen LogP) is 4.60. The monoisotopic (exact) mass is 469 g/mol. The molecule has 1 aromatic heterocycles. The molecule has 1 atom stereocenters. The lowest BCUT2D eigenvalue weighted by Crippen LogP contribution is -2.34. The molecule has 35 heavy (non-hydrogen) atoms. The van der Waals surface area contributed by atoms with Crippen molar-refractivity contribution >= 4 is 11.9 Å². The Balaban J connectivity index is 1.41. The summed E-state index contributed by atoms with van der Waals surface area (Å²) in [6.07, 6.45) is 1.46. The van der Waals surface area contributed by atoms with Crippen LogP contribution in [0.2, 0.25) is 0 Å². The van der Waals surface area contributed by atoms with Gasteiger partial charge in [-0.2, -0.15) is 10.1 Å². The van der Waals surface area contributed by atoms with Crippen molar-refractivity contribution in [3.05, 3.63) is 119 Å². The summed E-state index contributed by atoms with van der Waals surface area (Å²) in [5.41, 5.74) is 3.96. The number of allylic oxidation sites excluding steroid dienone is 1. The van der Waals surface area contributed by atoms with E-state index in [4.69, 9.17) is 4.74 Å². The van der Waals surface area contributed by atoms with Crippen molar-refractivity contribution in [1.29, 1.82) is 0 Å². The molecular formula is C27H24FN5O2. The Labute approximate surface area is 202 Å². The molecule has 4 aromatic rings. The number of amides is 1. The maximum atomic E-state index is 13.4. The van der Waals surface area contributed by atoms with E-state index in [-0.39, 0.29) is 11.7 Å². The Hall–Kier alpha value is -4.46. The van der Waals surface area contributed by atoms with Gasteiger partial charge in [0, 0.05) is 12.2 Å². The van der Waals surface area contributed by atoms with Crippen LogP contribution in [-0.4, -0.2) is 20.7 Å². The fraction of sp³-hybridized carbons (Fsp3) is 0.148. The zero-order valence-electron chi connectivity index (χ0n) is 19.1. The average molecular weight is 470 g/mol. The van der Waals surface area contributed by atoms with E-state index < -0.39 is 6.04 Å². The predicted molar refractivity (Wildman–Crippen MR) is 130 cm³/mol. The van der Waals surface area contributed by atoms with E-state index >= 15 is 0 Å². The Morgan fingerprint density at radius 1 is 1.06 bits per heavy atom. The minimum atomic E-state index is -0.487. The Kier molecular flexibility index (Phi) is 6.26. The van der Waals surface area contributed by atoms with Gasteiger partial charge in [-0.1, -0.05) is 54.6 Å². The normalized spacial score (nSPS) is 14.7. The van der Waals surface area contributed by atoms with Crippen molar-refractivity contribution in [2.45, 2.75) is 26.1 Å². The molecular weight excluding hydrogens is 445 g/mol. The van der Waals surface area contributed by atoms with Crippen molar-refractivity contribution in [2.75, 3.05) is 5.32 Å². The average Bonchev–Trinajstić information content (AvgIpc) is 3.35. The highest BCUT2D eigenvalue weighted by molar-refractivity contribution is 5.96. The summed E-state index contributed by atoms with van der Waals surface area (Å²) < 4.78 is 20.9. The molecule has 7 nitrogen and oxygen atoms in total. The lowest BCUT2D eigenvalue weighted by molar-refractivity contribution is -0.118. The zero-order chi connectivity index (χ0) is 24.2. The number of aromatic nitrogens is 3. The third-order valence-corrected chi connectivity index (χ3v) is 5.83. The summed E-state index contributed by atoms with van der Waals surface area (Å²) >= 11 is 0. The SMILES string of the molecule is CC1=C(C(=O)NCc2ccccc2)[C@H](c2cccc(OCc3ccc(F)cc3)c2)n2ncnc2N1. The number of halogens is 1. The molecule has 0 fully saturated rings. The first-order valence-corrected chi connectivity index (χ1v) is 11.2. The zero-order valence-corrected chi connectivity index (χ0v) is 19.1. The summed E-state index contributed by atoms with van der Waals surface area (Å²) in [5.74, 6) is 0.714. The van der Waals surface area contributed by atoms with Gasteiger partial charge in [-0.05, 0) is 47.9 Å². The van der Waals surface area contributed by atoms with Gasteiger partial charge in [-0.15, -0.1) is 0 Å². The number of ether oxygens (including phenoxy) is 1. The molecule has 0 bridgehead atoms. The summed E-state index contributed by atoms with van der Waals surface area (Å²) in [5, 5.41) is 10.6. The minimum Gasteiger partial charge on any atom is -0.489 e. The Bertz CT molecular complexity index is 1370. The van der Waals surface area contributed by atoms with Crippen LogP contribution in [0, 0.1) is 5.82 Å².